The average Bonchev–Trinajstić information content (AvgIpc) is 1.98. The van der Waals surface area contributed by atoms with Crippen molar-refractivity contribution in [1.29, 1.82) is 0 Å². The van der Waals surface area contributed by atoms with Gasteiger partial charge in [0, 0.05) is 18.1 Å². The standard InChI is InChI=1S/C9H16OS/c1-3-11-9-6-8(10)5-4-7(9)2/h7,9H,3-6H2,1-2H3. The van der Waals surface area contributed by atoms with Gasteiger partial charge in [0.05, 0.1) is 0 Å². The topological polar surface area (TPSA) is 17.1 Å². The van der Waals surface area contributed by atoms with Gasteiger partial charge in [-0.3, -0.25) is 4.79 Å². The number of carbonyl (C=O) groups excluding carboxylic acids is 1. The van der Waals surface area contributed by atoms with Crippen LogP contribution < -0.4 is 0 Å². The van der Waals surface area contributed by atoms with E-state index in [1.165, 1.54) is 0 Å². The molecule has 64 valence electrons. The molecule has 0 heterocycles. The van der Waals surface area contributed by atoms with E-state index in [9.17, 15) is 4.79 Å². The molecule has 1 fully saturated rings. The lowest BCUT2D eigenvalue weighted by Crippen LogP contribution is -2.25. The fraction of sp³-hybridized carbons (Fsp3) is 0.889. The van der Waals surface area contributed by atoms with Crippen molar-refractivity contribution < 1.29 is 4.79 Å². The van der Waals surface area contributed by atoms with Crippen molar-refractivity contribution in [3.8, 4) is 0 Å². The van der Waals surface area contributed by atoms with E-state index in [2.05, 4.69) is 13.8 Å². The van der Waals surface area contributed by atoms with Crippen LogP contribution in [0, 0.1) is 5.92 Å². The van der Waals surface area contributed by atoms with Crippen LogP contribution in [0.1, 0.15) is 33.1 Å². The van der Waals surface area contributed by atoms with E-state index in [1.807, 2.05) is 11.8 Å². The molecular weight excluding hydrogens is 156 g/mol. The normalized spacial score (nSPS) is 32.4. The highest BCUT2D eigenvalue weighted by Crippen LogP contribution is 2.30. The molecule has 0 amide bonds. The van der Waals surface area contributed by atoms with Gasteiger partial charge in [-0.25, -0.2) is 0 Å². The molecule has 2 atom stereocenters. The molecule has 11 heavy (non-hydrogen) atoms. The zero-order valence-electron chi connectivity index (χ0n) is 7.30. The minimum atomic E-state index is 0.467. The third-order valence-corrected chi connectivity index (χ3v) is 3.72. The molecule has 0 spiro atoms. The first-order chi connectivity index (χ1) is 5.24. The molecule has 0 aromatic carbocycles. The van der Waals surface area contributed by atoms with Crippen molar-refractivity contribution in [2.75, 3.05) is 5.75 Å². The Morgan fingerprint density at radius 3 is 3.00 bits per heavy atom. The summed E-state index contributed by atoms with van der Waals surface area (Å²) in [5.74, 6) is 2.36. The predicted molar refractivity (Wildman–Crippen MR) is 49.9 cm³/mol. The third-order valence-electron chi connectivity index (χ3n) is 2.32. The Balaban J connectivity index is 2.40. The van der Waals surface area contributed by atoms with Crippen molar-refractivity contribution in [1.82, 2.24) is 0 Å². The Kier molecular flexibility index (Phi) is 3.44. The van der Waals surface area contributed by atoms with E-state index >= 15 is 0 Å². The molecule has 0 aromatic heterocycles. The molecule has 1 nitrogen and oxygen atoms in total. The fourth-order valence-corrected chi connectivity index (χ4v) is 2.74. The van der Waals surface area contributed by atoms with Crippen molar-refractivity contribution in [3.63, 3.8) is 0 Å². The van der Waals surface area contributed by atoms with Gasteiger partial charge in [0.2, 0.25) is 0 Å². The zero-order valence-corrected chi connectivity index (χ0v) is 8.12. The highest BCUT2D eigenvalue weighted by molar-refractivity contribution is 7.99. The molecule has 0 saturated heterocycles. The van der Waals surface area contributed by atoms with Crippen molar-refractivity contribution in [2.45, 2.75) is 38.4 Å². The highest BCUT2D eigenvalue weighted by atomic mass is 32.2. The molecule has 2 heteroatoms. The van der Waals surface area contributed by atoms with Gasteiger partial charge < -0.3 is 0 Å². The van der Waals surface area contributed by atoms with Crippen molar-refractivity contribution in [2.24, 2.45) is 5.92 Å². The maximum atomic E-state index is 11.1. The summed E-state index contributed by atoms with van der Waals surface area (Å²) in [6.45, 7) is 4.43. The van der Waals surface area contributed by atoms with Gasteiger partial charge in [-0.2, -0.15) is 11.8 Å². The molecular formula is C9H16OS. The molecule has 0 aliphatic heterocycles. The first-order valence-electron chi connectivity index (χ1n) is 4.37. The summed E-state index contributed by atoms with van der Waals surface area (Å²) >= 11 is 1.94. The summed E-state index contributed by atoms with van der Waals surface area (Å²) in [5.41, 5.74) is 0. The van der Waals surface area contributed by atoms with Crippen LogP contribution in [0.25, 0.3) is 0 Å². The van der Waals surface area contributed by atoms with Crippen molar-refractivity contribution >= 4 is 17.5 Å². The number of thioether (sulfide) groups is 1. The molecule has 0 aromatic rings. The Labute approximate surface area is 72.9 Å². The van der Waals surface area contributed by atoms with E-state index in [4.69, 9.17) is 0 Å². The SMILES string of the molecule is CCSC1CC(=O)CCC1C. The molecule has 1 saturated carbocycles. The minimum absolute atomic E-state index is 0.467. The smallest absolute Gasteiger partial charge is 0.134 e. The summed E-state index contributed by atoms with van der Waals surface area (Å²) in [7, 11) is 0. The Morgan fingerprint density at radius 1 is 1.64 bits per heavy atom. The van der Waals surface area contributed by atoms with E-state index in [-0.39, 0.29) is 0 Å². The number of rotatable bonds is 2. The monoisotopic (exact) mass is 172 g/mol. The first kappa shape index (κ1) is 9.11. The molecule has 1 rings (SSSR count). The summed E-state index contributed by atoms with van der Waals surface area (Å²) in [5, 5.41) is 0.612. The second kappa shape index (κ2) is 4.15. The van der Waals surface area contributed by atoms with E-state index in [0.29, 0.717) is 11.0 Å². The molecule has 0 bridgehead atoms. The van der Waals surface area contributed by atoms with Crippen LogP contribution in [0.2, 0.25) is 0 Å². The van der Waals surface area contributed by atoms with E-state index in [1.54, 1.807) is 0 Å². The fourth-order valence-electron chi connectivity index (χ4n) is 1.54. The first-order valence-corrected chi connectivity index (χ1v) is 5.42. The Bertz CT molecular complexity index is 144. The average molecular weight is 172 g/mol. The Hall–Kier alpha value is 0.0200. The van der Waals surface area contributed by atoms with Crippen LogP contribution in [0.4, 0.5) is 0 Å². The van der Waals surface area contributed by atoms with E-state index in [0.717, 1.165) is 30.9 Å². The molecule has 1 aliphatic carbocycles. The number of carbonyl (C=O) groups is 1. The number of hydrogen-bond acceptors (Lipinski definition) is 2. The quantitative estimate of drug-likeness (QED) is 0.636. The maximum Gasteiger partial charge on any atom is 0.134 e. The minimum Gasteiger partial charge on any atom is -0.300 e. The number of Topliss-reactive ketones (excluding diaryl/α,β-unsaturated/α-hetero) is 1. The zero-order chi connectivity index (χ0) is 8.27. The van der Waals surface area contributed by atoms with Crippen LogP contribution in [0.5, 0.6) is 0 Å². The van der Waals surface area contributed by atoms with E-state index < -0.39 is 0 Å². The summed E-state index contributed by atoms with van der Waals surface area (Å²) in [4.78, 5) is 11.1. The van der Waals surface area contributed by atoms with Gasteiger partial charge in [-0.05, 0) is 18.1 Å². The predicted octanol–water partition coefficient (Wildman–Crippen LogP) is 2.50. The third kappa shape index (κ3) is 2.51. The number of ketones is 1. The maximum absolute atomic E-state index is 11.1. The summed E-state index contributed by atoms with van der Waals surface area (Å²) in [6.07, 6.45) is 2.75. The van der Waals surface area contributed by atoms with Crippen LogP contribution >= 0.6 is 11.8 Å². The summed E-state index contributed by atoms with van der Waals surface area (Å²) < 4.78 is 0. The Morgan fingerprint density at radius 2 is 2.36 bits per heavy atom. The van der Waals surface area contributed by atoms with Crippen molar-refractivity contribution in [3.05, 3.63) is 0 Å². The summed E-state index contributed by atoms with van der Waals surface area (Å²) in [6, 6.07) is 0. The molecule has 1 aliphatic rings. The number of hydrogen-bond donors (Lipinski definition) is 0. The highest BCUT2D eigenvalue weighted by Gasteiger charge is 2.25. The lowest BCUT2D eigenvalue weighted by molar-refractivity contribution is -0.120. The van der Waals surface area contributed by atoms with Gasteiger partial charge >= 0.3 is 0 Å². The second-order valence-electron chi connectivity index (χ2n) is 3.25. The molecule has 0 radical (unpaired) electrons. The van der Waals surface area contributed by atoms with Gasteiger partial charge in [0.1, 0.15) is 5.78 Å². The van der Waals surface area contributed by atoms with Crippen LogP contribution in [-0.4, -0.2) is 16.8 Å². The van der Waals surface area contributed by atoms with Gasteiger partial charge in [0.15, 0.2) is 0 Å². The molecule has 2 unspecified atom stereocenters. The van der Waals surface area contributed by atoms with Crippen LogP contribution in [0.3, 0.4) is 0 Å². The van der Waals surface area contributed by atoms with Gasteiger partial charge in [0.25, 0.3) is 0 Å². The lowest BCUT2D eigenvalue weighted by Gasteiger charge is -2.26. The van der Waals surface area contributed by atoms with Crippen LogP contribution in [-0.2, 0) is 4.79 Å². The lowest BCUT2D eigenvalue weighted by atomic mass is 9.89. The van der Waals surface area contributed by atoms with Gasteiger partial charge in [-0.15, -0.1) is 0 Å². The molecule has 0 N–H and O–H groups in total. The second-order valence-corrected chi connectivity index (χ2v) is 4.77. The van der Waals surface area contributed by atoms with Gasteiger partial charge in [-0.1, -0.05) is 13.8 Å². The largest absolute Gasteiger partial charge is 0.300 e. The van der Waals surface area contributed by atoms with Crippen LogP contribution in [0.15, 0.2) is 0 Å².